The number of benzene rings is 2. The van der Waals surface area contributed by atoms with Crippen LogP contribution in [0.1, 0.15) is 10.4 Å². The first-order valence-electron chi connectivity index (χ1n) is 5.33. The highest BCUT2D eigenvalue weighted by molar-refractivity contribution is 5.98. The van der Waals surface area contributed by atoms with E-state index in [1.54, 1.807) is 0 Å². The summed E-state index contributed by atoms with van der Waals surface area (Å²) in [4.78, 5) is 11.1. The average molecular weight is 264 g/mol. The number of hydrogen-bond acceptors (Lipinski definition) is 3. The van der Waals surface area contributed by atoms with Crippen LogP contribution in [0.3, 0.4) is 0 Å². The van der Waals surface area contributed by atoms with Crippen molar-refractivity contribution in [1.82, 2.24) is 0 Å². The predicted octanol–water partition coefficient (Wildman–Crippen LogP) is 2.99. The average Bonchev–Trinajstić information content (AvgIpc) is 2.36. The molecule has 2 aromatic rings. The third kappa shape index (κ3) is 2.47. The Morgan fingerprint density at radius 1 is 1.16 bits per heavy atom. The minimum absolute atomic E-state index is 0.0273. The Morgan fingerprint density at radius 3 is 2.53 bits per heavy atom. The number of rotatable bonds is 3. The van der Waals surface area contributed by atoms with Crippen molar-refractivity contribution in [1.29, 1.82) is 0 Å². The fraction of sp³-hybridized carbons (Fsp3) is 0. The maximum atomic E-state index is 13.5. The lowest BCUT2D eigenvalue weighted by molar-refractivity contribution is 0.0698. The topological polar surface area (TPSA) is 75.4 Å². The summed E-state index contributed by atoms with van der Waals surface area (Å²) in [5.74, 6) is -3.34. The quantitative estimate of drug-likeness (QED) is 0.745. The van der Waals surface area contributed by atoms with Crippen LogP contribution >= 0.6 is 0 Å². The predicted molar refractivity (Wildman–Crippen MR) is 67.5 cm³/mol. The number of para-hydroxylation sites is 1. The molecule has 0 aliphatic heterocycles. The zero-order valence-electron chi connectivity index (χ0n) is 9.65. The standard InChI is InChI=1S/C13H10F2N2O2/c14-8-4-2-6-10(11(8)15)17-12-7(13(18)19)3-1-5-9(12)16/h1-6,17H,16H2,(H,18,19). The highest BCUT2D eigenvalue weighted by atomic mass is 19.2. The Kier molecular flexibility index (Phi) is 3.33. The molecule has 0 unspecified atom stereocenters. The number of anilines is 3. The maximum Gasteiger partial charge on any atom is 0.337 e. The second kappa shape index (κ2) is 4.93. The molecule has 98 valence electrons. The molecule has 0 aliphatic rings. The highest BCUT2D eigenvalue weighted by Gasteiger charge is 2.15. The Bertz CT molecular complexity index is 645. The van der Waals surface area contributed by atoms with Crippen LogP contribution in [-0.4, -0.2) is 11.1 Å². The molecule has 0 heterocycles. The van der Waals surface area contributed by atoms with Crippen molar-refractivity contribution in [3.8, 4) is 0 Å². The van der Waals surface area contributed by atoms with Crippen LogP contribution in [-0.2, 0) is 0 Å². The minimum atomic E-state index is -1.22. The molecule has 19 heavy (non-hydrogen) atoms. The lowest BCUT2D eigenvalue weighted by Crippen LogP contribution is -2.07. The van der Waals surface area contributed by atoms with E-state index in [4.69, 9.17) is 10.8 Å². The summed E-state index contributed by atoms with van der Waals surface area (Å²) in [6, 6.07) is 7.81. The number of aromatic carboxylic acids is 1. The van der Waals surface area contributed by atoms with E-state index in [1.807, 2.05) is 0 Å². The van der Waals surface area contributed by atoms with Gasteiger partial charge in [-0.25, -0.2) is 13.6 Å². The molecule has 0 bridgehead atoms. The van der Waals surface area contributed by atoms with Crippen LogP contribution in [0.15, 0.2) is 36.4 Å². The van der Waals surface area contributed by atoms with Gasteiger partial charge in [0, 0.05) is 0 Å². The van der Waals surface area contributed by atoms with Gasteiger partial charge in [-0.2, -0.15) is 0 Å². The third-order valence-corrected chi connectivity index (χ3v) is 2.54. The smallest absolute Gasteiger partial charge is 0.337 e. The van der Waals surface area contributed by atoms with E-state index in [0.717, 1.165) is 6.07 Å². The summed E-state index contributed by atoms with van der Waals surface area (Å²) in [7, 11) is 0. The van der Waals surface area contributed by atoms with Crippen molar-refractivity contribution < 1.29 is 18.7 Å². The molecule has 0 saturated carbocycles. The molecule has 0 aliphatic carbocycles. The van der Waals surface area contributed by atoms with Gasteiger partial charge in [0.25, 0.3) is 0 Å². The van der Waals surface area contributed by atoms with Crippen LogP contribution in [0.25, 0.3) is 0 Å². The van der Waals surface area contributed by atoms with E-state index in [1.165, 1.54) is 30.3 Å². The van der Waals surface area contributed by atoms with E-state index >= 15 is 0 Å². The Morgan fingerprint density at radius 2 is 1.84 bits per heavy atom. The van der Waals surface area contributed by atoms with Gasteiger partial charge >= 0.3 is 5.97 Å². The Hall–Kier alpha value is -2.63. The molecule has 0 radical (unpaired) electrons. The van der Waals surface area contributed by atoms with E-state index in [9.17, 15) is 13.6 Å². The summed E-state index contributed by atoms with van der Waals surface area (Å²) in [5, 5.41) is 11.5. The Balaban J connectivity index is 2.49. The number of carboxylic acids is 1. The van der Waals surface area contributed by atoms with Crippen molar-refractivity contribution >= 4 is 23.0 Å². The molecule has 6 heteroatoms. The summed E-state index contributed by atoms with van der Waals surface area (Å²) in [6.07, 6.45) is 0. The SMILES string of the molecule is Nc1cccc(C(=O)O)c1Nc1cccc(F)c1F. The van der Waals surface area contributed by atoms with E-state index < -0.39 is 17.6 Å². The first-order chi connectivity index (χ1) is 9.00. The van der Waals surface area contributed by atoms with E-state index in [2.05, 4.69) is 5.32 Å². The number of halogens is 2. The van der Waals surface area contributed by atoms with Gasteiger partial charge in [-0.15, -0.1) is 0 Å². The summed E-state index contributed by atoms with van der Waals surface area (Å²) >= 11 is 0. The number of nitrogens with one attached hydrogen (secondary N) is 1. The van der Waals surface area contributed by atoms with Gasteiger partial charge in [0.2, 0.25) is 0 Å². The summed E-state index contributed by atoms with van der Waals surface area (Å²) < 4.78 is 26.6. The second-order valence-electron chi connectivity index (χ2n) is 3.80. The van der Waals surface area contributed by atoms with Gasteiger partial charge < -0.3 is 16.2 Å². The van der Waals surface area contributed by atoms with Crippen molar-refractivity contribution in [3.63, 3.8) is 0 Å². The van der Waals surface area contributed by atoms with Gasteiger partial charge in [0.15, 0.2) is 11.6 Å². The molecule has 0 aromatic heterocycles. The molecule has 0 amide bonds. The largest absolute Gasteiger partial charge is 0.478 e. The number of nitrogens with two attached hydrogens (primary N) is 1. The fourth-order valence-electron chi connectivity index (χ4n) is 1.62. The van der Waals surface area contributed by atoms with Crippen LogP contribution in [0.2, 0.25) is 0 Å². The van der Waals surface area contributed by atoms with Crippen LogP contribution in [0.4, 0.5) is 25.8 Å². The van der Waals surface area contributed by atoms with Gasteiger partial charge in [-0.1, -0.05) is 12.1 Å². The zero-order chi connectivity index (χ0) is 14.0. The van der Waals surface area contributed by atoms with Crippen LogP contribution in [0, 0.1) is 11.6 Å². The van der Waals surface area contributed by atoms with Gasteiger partial charge in [0.1, 0.15) is 0 Å². The van der Waals surface area contributed by atoms with Crippen molar-refractivity contribution in [3.05, 3.63) is 53.6 Å². The first kappa shape index (κ1) is 12.8. The molecule has 2 aromatic carbocycles. The zero-order valence-corrected chi connectivity index (χ0v) is 9.65. The minimum Gasteiger partial charge on any atom is -0.478 e. The second-order valence-corrected chi connectivity index (χ2v) is 3.80. The molecule has 0 saturated heterocycles. The van der Waals surface area contributed by atoms with Crippen molar-refractivity contribution in [2.75, 3.05) is 11.1 Å². The lowest BCUT2D eigenvalue weighted by atomic mass is 10.1. The molecule has 0 spiro atoms. The molecular weight excluding hydrogens is 254 g/mol. The molecule has 0 fully saturated rings. The van der Waals surface area contributed by atoms with Gasteiger partial charge in [-0.3, -0.25) is 0 Å². The Labute approximate surface area is 107 Å². The van der Waals surface area contributed by atoms with Crippen molar-refractivity contribution in [2.45, 2.75) is 0 Å². The molecule has 0 atom stereocenters. The fourth-order valence-corrected chi connectivity index (χ4v) is 1.62. The summed E-state index contributed by atoms with van der Waals surface area (Å²) in [6.45, 7) is 0. The highest BCUT2D eigenvalue weighted by Crippen LogP contribution is 2.29. The molecular formula is C13H10F2N2O2. The van der Waals surface area contributed by atoms with Crippen LogP contribution in [0.5, 0.6) is 0 Å². The molecule has 4 nitrogen and oxygen atoms in total. The van der Waals surface area contributed by atoms with Gasteiger partial charge in [0.05, 0.1) is 22.6 Å². The number of carbonyl (C=O) groups is 1. The van der Waals surface area contributed by atoms with E-state index in [-0.39, 0.29) is 22.6 Å². The molecule has 4 N–H and O–H groups in total. The third-order valence-electron chi connectivity index (χ3n) is 2.54. The normalized spacial score (nSPS) is 10.2. The first-order valence-corrected chi connectivity index (χ1v) is 5.33. The summed E-state index contributed by atoms with van der Waals surface area (Å²) in [5.41, 5.74) is 5.51. The monoisotopic (exact) mass is 264 g/mol. The lowest BCUT2D eigenvalue weighted by Gasteiger charge is -2.13. The number of hydrogen-bond donors (Lipinski definition) is 3. The van der Waals surface area contributed by atoms with E-state index in [0.29, 0.717) is 0 Å². The number of nitrogen functional groups attached to an aromatic ring is 1. The maximum absolute atomic E-state index is 13.5. The van der Waals surface area contributed by atoms with Gasteiger partial charge in [-0.05, 0) is 24.3 Å². The number of carboxylic acid groups (broad SMARTS) is 1. The van der Waals surface area contributed by atoms with Crippen LogP contribution < -0.4 is 11.1 Å². The molecule has 2 rings (SSSR count). The van der Waals surface area contributed by atoms with Crippen molar-refractivity contribution in [2.24, 2.45) is 0 Å².